The Labute approximate surface area is 117 Å². The van der Waals surface area contributed by atoms with Gasteiger partial charge < -0.3 is 15.8 Å². The van der Waals surface area contributed by atoms with Crippen molar-refractivity contribution in [3.05, 3.63) is 5.69 Å². The van der Waals surface area contributed by atoms with Gasteiger partial charge in [0.15, 0.2) is 5.82 Å². The second-order valence-electron chi connectivity index (χ2n) is 4.64. The number of rotatable bonds is 7. The third kappa shape index (κ3) is 4.52. The number of aromatic nitrogens is 3. The van der Waals surface area contributed by atoms with Crippen molar-refractivity contribution >= 4 is 17.7 Å². The number of hydrogen-bond acceptors (Lipinski definition) is 6. The van der Waals surface area contributed by atoms with Gasteiger partial charge in [0, 0.05) is 6.54 Å². The number of nitrogens with two attached hydrogens (primary N) is 1. The Hall–Kier alpha value is -2.12. The minimum Gasteiger partial charge on any atom is -0.458 e. The molecule has 1 heterocycles. The van der Waals surface area contributed by atoms with Crippen LogP contribution in [0.2, 0.25) is 0 Å². The topological polar surface area (TPSA) is 112 Å². The summed E-state index contributed by atoms with van der Waals surface area (Å²) in [5, 5.41) is 10.1. The number of nitrogen functional groups attached to an aromatic ring is 1. The molecule has 8 nitrogen and oxygen atoms in total. The fraction of sp³-hybridized carbons (Fsp3) is 0.667. The Morgan fingerprint density at radius 3 is 2.75 bits per heavy atom. The highest BCUT2D eigenvalue weighted by atomic mass is 16.5. The molecule has 0 aliphatic carbocycles. The molecule has 0 unspecified atom stereocenters. The summed E-state index contributed by atoms with van der Waals surface area (Å²) in [7, 11) is 0. The average Bonchev–Trinajstić information content (AvgIpc) is 2.70. The molecule has 3 N–H and O–H groups in total. The lowest BCUT2D eigenvalue weighted by Crippen LogP contribution is -2.29. The van der Waals surface area contributed by atoms with Gasteiger partial charge in [0.25, 0.3) is 0 Å². The first-order chi connectivity index (χ1) is 9.45. The summed E-state index contributed by atoms with van der Waals surface area (Å²) in [5.41, 5.74) is 5.67. The standard InChI is InChI=1S/C12H21N5O3/c1-4-5-6-14-9(18)7-17-11(13)10(15-16-17)12(19)20-8(2)3/h8H,4-7,13H2,1-3H3,(H,14,18). The zero-order chi connectivity index (χ0) is 15.1. The van der Waals surface area contributed by atoms with Gasteiger partial charge in [-0.2, -0.15) is 0 Å². The molecule has 8 heteroatoms. The Balaban J connectivity index is 2.62. The van der Waals surface area contributed by atoms with Gasteiger partial charge in [-0.05, 0) is 20.3 Å². The number of anilines is 1. The molecule has 0 saturated heterocycles. The largest absolute Gasteiger partial charge is 0.458 e. The molecular formula is C12H21N5O3. The maximum atomic E-state index is 11.7. The Bertz CT molecular complexity index is 470. The predicted molar refractivity (Wildman–Crippen MR) is 72.9 cm³/mol. The number of nitrogens with one attached hydrogen (secondary N) is 1. The Morgan fingerprint density at radius 2 is 2.15 bits per heavy atom. The second-order valence-corrected chi connectivity index (χ2v) is 4.64. The molecule has 0 aliphatic heterocycles. The minimum absolute atomic E-state index is 0.0290. The summed E-state index contributed by atoms with van der Waals surface area (Å²) in [6.07, 6.45) is 1.63. The SMILES string of the molecule is CCCCNC(=O)Cn1nnc(C(=O)OC(C)C)c1N. The van der Waals surface area contributed by atoms with Gasteiger partial charge in [0.1, 0.15) is 6.54 Å². The number of unbranched alkanes of at least 4 members (excludes halogenated alkanes) is 1. The first kappa shape index (κ1) is 15.9. The molecule has 20 heavy (non-hydrogen) atoms. The molecule has 1 aromatic heterocycles. The molecule has 0 saturated carbocycles. The lowest BCUT2D eigenvalue weighted by Gasteiger charge is -2.07. The van der Waals surface area contributed by atoms with Gasteiger partial charge in [0.2, 0.25) is 11.6 Å². The van der Waals surface area contributed by atoms with Gasteiger partial charge in [-0.25, -0.2) is 9.48 Å². The Morgan fingerprint density at radius 1 is 1.45 bits per heavy atom. The quantitative estimate of drug-likeness (QED) is 0.551. The van der Waals surface area contributed by atoms with Crippen LogP contribution in [0.15, 0.2) is 0 Å². The summed E-state index contributed by atoms with van der Waals surface area (Å²) in [5.74, 6) is -0.838. The van der Waals surface area contributed by atoms with Crippen molar-refractivity contribution in [3.8, 4) is 0 Å². The van der Waals surface area contributed by atoms with Gasteiger partial charge >= 0.3 is 5.97 Å². The molecule has 0 bridgehead atoms. The highest BCUT2D eigenvalue weighted by Gasteiger charge is 2.20. The van der Waals surface area contributed by atoms with Crippen LogP contribution in [0.5, 0.6) is 0 Å². The van der Waals surface area contributed by atoms with Crippen LogP contribution in [0.4, 0.5) is 5.82 Å². The Kier molecular flexibility index (Phi) is 5.95. The fourth-order valence-electron chi connectivity index (χ4n) is 1.45. The fourth-order valence-corrected chi connectivity index (χ4v) is 1.45. The van der Waals surface area contributed by atoms with Crippen LogP contribution in [0.3, 0.4) is 0 Å². The van der Waals surface area contributed by atoms with Crippen molar-refractivity contribution in [1.29, 1.82) is 0 Å². The summed E-state index contributed by atoms with van der Waals surface area (Å²) < 4.78 is 6.16. The van der Waals surface area contributed by atoms with E-state index in [9.17, 15) is 9.59 Å². The molecule has 0 aliphatic rings. The van der Waals surface area contributed by atoms with Crippen molar-refractivity contribution in [1.82, 2.24) is 20.3 Å². The molecule has 0 aromatic carbocycles. The van der Waals surface area contributed by atoms with E-state index in [0.717, 1.165) is 12.8 Å². The van der Waals surface area contributed by atoms with E-state index in [-0.39, 0.29) is 30.1 Å². The number of ether oxygens (including phenoxy) is 1. The van der Waals surface area contributed by atoms with E-state index in [4.69, 9.17) is 10.5 Å². The highest BCUT2D eigenvalue weighted by molar-refractivity contribution is 5.92. The monoisotopic (exact) mass is 283 g/mol. The van der Waals surface area contributed by atoms with Crippen molar-refractivity contribution in [2.24, 2.45) is 0 Å². The number of esters is 1. The minimum atomic E-state index is -0.643. The molecule has 1 rings (SSSR count). The molecule has 0 fully saturated rings. The zero-order valence-corrected chi connectivity index (χ0v) is 12.0. The van der Waals surface area contributed by atoms with Crippen LogP contribution in [0, 0.1) is 0 Å². The molecule has 0 spiro atoms. The normalized spacial score (nSPS) is 10.6. The van der Waals surface area contributed by atoms with Crippen LogP contribution in [-0.4, -0.2) is 39.5 Å². The summed E-state index contributed by atoms with van der Waals surface area (Å²) >= 11 is 0. The van der Waals surface area contributed by atoms with Gasteiger partial charge in [-0.1, -0.05) is 18.6 Å². The first-order valence-electron chi connectivity index (χ1n) is 6.62. The predicted octanol–water partition coefficient (Wildman–Crippen LogP) is 0.342. The number of nitrogens with zero attached hydrogens (tertiary/aromatic N) is 3. The maximum Gasteiger partial charge on any atom is 0.363 e. The molecule has 0 atom stereocenters. The maximum absolute atomic E-state index is 11.7. The van der Waals surface area contributed by atoms with E-state index >= 15 is 0 Å². The summed E-state index contributed by atoms with van der Waals surface area (Å²) in [6, 6.07) is 0. The van der Waals surface area contributed by atoms with Gasteiger partial charge in [-0.3, -0.25) is 4.79 Å². The van der Waals surface area contributed by atoms with Crippen LogP contribution in [0.1, 0.15) is 44.1 Å². The van der Waals surface area contributed by atoms with Crippen LogP contribution >= 0.6 is 0 Å². The third-order valence-electron chi connectivity index (χ3n) is 2.46. The van der Waals surface area contributed by atoms with Crippen LogP contribution in [-0.2, 0) is 16.1 Å². The first-order valence-corrected chi connectivity index (χ1v) is 6.62. The van der Waals surface area contributed by atoms with Crippen LogP contribution in [0.25, 0.3) is 0 Å². The van der Waals surface area contributed by atoms with Crippen molar-refractivity contribution in [3.63, 3.8) is 0 Å². The highest BCUT2D eigenvalue weighted by Crippen LogP contribution is 2.10. The molecular weight excluding hydrogens is 262 g/mol. The smallest absolute Gasteiger partial charge is 0.363 e. The van der Waals surface area contributed by atoms with Crippen molar-refractivity contribution < 1.29 is 14.3 Å². The molecule has 1 amide bonds. The summed E-state index contributed by atoms with van der Waals surface area (Å²) in [6.45, 7) is 6.01. The lowest BCUT2D eigenvalue weighted by molar-refractivity contribution is -0.121. The lowest BCUT2D eigenvalue weighted by atomic mass is 10.3. The van der Waals surface area contributed by atoms with E-state index in [1.165, 1.54) is 4.68 Å². The van der Waals surface area contributed by atoms with Gasteiger partial charge in [-0.15, -0.1) is 5.10 Å². The van der Waals surface area contributed by atoms with Crippen molar-refractivity contribution in [2.45, 2.75) is 46.3 Å². The summed E-state index contributed by atoms with van der Waals surface area (Å²) in [4.78, 5) is 23.3. The van der Waals surface area contributed by atoms with Gasteiger partial charge in [0.05, 0.1) is 6.10 Å². The number of carbonyl (C=O) groups excluding carboxylic acids is 2. The van der Waals surface area contributed by atoms with Crippen molar-refractivity contribution in [2.75, 3.05) is 12.3 Å². The molecule has 112 valence electrons. The third-order valence-corrected chi connectivity index (χ3v) is 2.46. The average molecular weight is 283 g/mol. The number of amides is 1. The van der Waals surface area contributed by atoms with Crippen LogP contribution < -0.4 is 11.1 Å². The van der Waals surface area contributed by atoms with E-state index in [1.54, 1.807) is 13.8 Å². The van der Waals surface area contributed by atoms with E-state index in [0.29, 0.717) is 6.54 Å². The number of hydrogen-bond donors (Lipinski definition) is 2. The zero-order valence-electron chi connectivity index (χ0n) is 12.0. The van der Waals surface area contributed by atoms with E-state index in [2.05, 4.69) is 15.6 Å². The van der Waals surface area contributed by atoms with E-state index in [1.807, 2.05) is 6.92 Å². The molecule has 1 aromatic rings. The second kappa shape index (κ2) is 7.46. The molecule has 0 radical (unpaired) electrons. The number of carbonyl (C=O) groups is 2. The van der Waals surface area contributed by atoms with E-state index < -0.39 is 5.97 Å².